The Bertz CT molecular complexity index is 481. The van der Waals surface area contributed by atoms with Crippen LogP contribution >= 0.6 is 0 Å². The Morgan fingerprint density at radius 2 is 1.86 bits per heavy atom. The number of anilines is 1. The molecule has 5 heteroatoms. The monoisotopic (exact) mass is 291 g/mol. The highest BCUT2D eigenvalue weighted by molar-refractivity contribution is 5.88. The summed E-state index contributed by atoms with van der Waals surface area (Å²) in [6, 6.07) is 7.57. The molecular formula is C16H25N3O2. The van der Waals surface area contributed by atoms with Crippen molar-refractivity contribution < 1.29 is 9.59 Å². The van der Waals surface area contributed by atoms with Gasteiger partial charge < -0.3 is 16.4 Å². The van der Waals surface area contributed by atoms with E-state index in [1.807, 2.05) is 31.2 Å². The van der Waals surface area contributed by atoms with E-state index in [1.54, 1.807) is 6.92 Å². The summed E-state index contributed by atoms with van der Waals surface area (Å²) in [5.41, 5.74) is 7.03. The summed E-state index contributed by atoms with van der Waals surface area (Å²) < 4.78 is 0. The Hall–Kier alpha value is -1.88. The molecule has 0 aliphatic carbocycles. The van der Waals surface area contributed by atoms with Gasteiger partial charge in [-0.05, 0) is 37.5 Å². The minimum absolute atomic E-state index is 0.0897. The number of nitrogens with two attached hydrogens (primary N) is 1. The molecular weight excluding hydrogens is 266 g/mol. The molecule has 1 unspecified atom stereocenters. The molecule has 0 heterocycles. The zero-order valence-corrected chi connectivity index (χ0v) is 13.0. The largest absolute Gasteiger partial charge is 0.354 e. The smallest absolute Gasteiger partial charge is 0.239 e. The maximum atomic E-state index is 11.9. The van der Waals surface area contributed by atoms with E-state index in [2.05, 4.69) is 10.6 Å². The summed E-state index contributed by atoms with van der Waals surface area (Å²) in [7, 11) is 0. The van der Waals surface area contributed by atoms with Crippen LogP contribution in [-0.2, 0) is 16.0 Å². The number of rotatable bonds is 7. The molecule has 0 aliphatic rings. The van der Waals surface area contributed by atoms with E-state index >= 15 is 0 Å². The van der Waals surface area contributed by atoms with E-state index in [9.17, 15) is 9.59 Å². The SMILES string of the molecule is CCCC(C)(N)C(=O)NCCc1ccc(NC(C)=O)cc1. The maximum absolute atomic E-state index is 11.9. The van der Waals surface area contributed by atoms with Crippen LogP contribution in [0.4, 0.5) is 5.69 Å². The lowest BCUT2D eigenvalue weighted by molar-refractivity contribution is -0.126. The number of hydrogen-bond donors (Lipinski definition) is 3. The van der Waals surface area contributed by atoms with Gasteiger partial charge in [-0.3, -0.25) is 9.59 Å². The molecule has 4 N–H and O–H groups in total. The van der Waals surface area contributed by atoms with E-state index in [0.717, 1.165) is 24.1 Å². The topological polar surface area (TPSA) is 84.2 Å². The van der Waals surface area contributed by atoms with Crippen LogP contribution in [0.3, 0.4) is 0 Å². The van der Waals surface area contributed by atoms with Crippen LogP contribution in [-0.4, -0.2) is 23.9 Å². The first kappa shape index (κ1) is 17.2. The summed E-state index contributed by atoms with van der Waals surface area (Å²) in [4.78, 5) is 22.9. The van der Waals surface area contributed by atoms with Gasteiger partial charge in [-0.15, -0.1) is 0 Å². The quantitative estimate of drug-likeness (QED) is 0.716. The van der Waals surface area contributed by atoms with Gasteiger partial charge in [0, 0.05) is 19.2 Å². The van der Waals surface area contributed by atoms with Gasteiger partial charge in [-0.25, -0.2) is 0 Å². The molecule has 0 aromatic heterocycles. The predicted molar refractivity (Wildman–Crippen MR) is 85.0 cm³/mol. The van der Waals surface area contributed by atoms with Crippen LogP contribution in [0.25, 0.3) is 0 Å². The second kappa shape index (κ2) is 7.78. The number of carbonyl (C=O) groups excluding carboxylic acids is 2. The summed E-state index contributed by atoms with van der Waals surface area (Å²) in [6.07, 6.45) is 2.28. The first-order valence-electron chi connectivity index (χ1n) is 7.29. The third-order valence-corrected chi connectivity index (χ3v) is 3.26. The van der Waals surface area contributed by atoms with Crippen molar-refractivity contribution in [2.75, 3.05) is 11.9 Å². The molecule has 21 heavy (non-hydrogen) atoms. The normalized spacial score (nSPS) is 13.3. The summed E-state index contributed by atoms with van der Waals surface area (Å²) in [5.74, 6) is -0.201. The lowest BCUT2D eigenvalue weighted by atomic mass is 9.96. The summed E-state index contributed by atoms with van der Waals surface area (Å²) in [6.45, 7) is 5.79. The predicted octanol–water partition coefficient (Wildman–Crippen LogP) is 1.82. The Morgan fingerprint density at radius 3 is 2.38 bits per heavy atom. The first-order valence-corrected chi connectivity index (χ1v) is 7.29. The van der Waals surface area contributed by atoms with Crippen LogP contribution in [0, 0.1) is 0 Å². The van der Waals surface area contributed by atoms with Crippen molar-refractivity contribution in [1.82, 2.24) is 5.32 Å². The molecule has 0 saturated carbocycles. The summed E-state index contributed by atoms with van der Waals surface area (Å²) in [5, 5.41) is 5.58. The molecule has 116 valence electrons. The van der Waals surface area contributed by atoms with Gasteiger partial charge >= 0.3 is 0 Å². The molecule has 1 aromatic rings. The Morgan fingerprint density at radius 1 is 1.24 bits per heavy atom. The average molecular weight is 291 g/mol. The standard InChI is InChI=1S/C16H25N3O2/c1-4-10-16(3,17)15(21)18-11-9-13-5-7-14(8-6-13)19-12(2)20/h5-8H,4,9-11,17H2,1-3H3,(H,18,21)(H,19,20). The van der Waals surface area contributed by atoms with Crippen molar-refractivity contribution in [3.8, 4) is 0 Å². The number of carbonyl (C=O) groups is 2. The van der Waals surface area contributed by atoms with Crippen molar-refractivity contribution in [2.45, 2.75) is 45.6 Å². The van der Waals surface area contributed by atoms with Crippen molar-refractivity contribution >= 4 is 17.5 Å². The minimum Gasteiger partial charge on any atom is -0.354 e. The number of hydrogen-bond acceptors (Lipinski definition) is 3. The zero-order chi connectivity index (χ0) is 15.9. The minimum atomic E-state index is -0.802. The molecule has 0 saturated heterocycles. The van der Waals surface area contributed by atoms with Crippen molar-refractivity contribution in [3.63, 3.8) is 0 Å². The Balaban J connectivity index is 2.42. The van der Waals surface area contributed by atoms with E-state index in [0.29, 0.717) is 13.0 Å². The van der Waals surface area contributed by atoms with Crippen molar-refractivity contribution in [3.05, 3.63) is 29.8 Å². The van der Waals surface area contributed by atoms with E-state index < -0.39 is 5.54 Å². The molecule has 1 rings (SSSR count). The zero-order valence-electron chi connectivity index (χ0n) is 13.0. The Kier molecular flexibility index (Phi) is 6.37. The highest BCUT2D eigenvalue weighted by atomic mass is 16.2. The van der Waals surface area contributed by atoms with Gasteiger partial charge in [-0.1, -0.05) is 25.5 Å². The molecule has 2 amide bonds. The number of amides is 2. The molecule has 0 bridgehead atoms. The van der Waals surface area contributed by atoms with Crippen LogP contribution in [0.15, 0.2) is 24.3 Å². The van der Waals surface area contributed by atoms with Gasteiger partial charge in [0.1, 0.15) is 0 Å². The van der Waals surface area contributed by atoms with Crippen LogP contribution in [0.5, 0.6) is 0 Å². The van der Waals surface area contributed by atoms with E-state index in [-0.39, 0.29) is 11.8 Å². The third-order valence-electron chi connectivity index (χ3n) is 3.26. The number of benzene rings is 1. The lowest BCUT2D eigenvalue weighted by Crippen LogP contribution is -2.51. The second-order valence-electron chi connectivity index (χ2n) is 5.55. The molecule has 5 nitrogen and oxygen atoms in total. The lowest BCUT2D eigenvalue weighted by Gasteiger charge is -2.22. The van der Waals surface area contributed by atoms with E-state index in [4.69, 9.17) is 5.73 Å². The average Bonchev–Trinajstić information content (AvgIpc) is 2.40. The van der Waals surface area contributed by atoms with Gasteiger partial charge in [0.05, 0.1) is 5.54 Å². The maximum Gasteiger partial charge on any atom is 0.239 e. The van der Waals surface area contributed by atoms with Gasteiger partial charge in [-0.2, -0.15) is 0 Å². The van der Waals surface area contributed by atoms with Crippen molar-refractivity contribution in [2.24, 2.45) is 5.73 Å². The van der Waals surface area contributed by atoms with Crippen LogP contribution < -0.4 is 16.4 Å². The van der Waals surface area contributed by atoms with E-state index in [1.165, 1.54) is 6.92 Å². The fourth-order valence-corrected chi connectivity index (χ4v) is 2.11. The van der Waals surface area contributed by atoms with Gasteiger partial charge in [0.25, 0.3) is 0 Å². The molecule has 0 spiro atoms. The highest BCUT2D eigenvalue weighted by Crippen LogP contribution is 2.11. The molecule has 1 aromatic carbocycles. The molecule has 0 fully saturated rings. The third kappa shape index (κ3) is 5.95. The van der Waals surface area contributed by atoms with Crippen molar-refractivity contribution in [1.29, 1.82) is 0 Å². The fraction of sp³-hybridized carbons (Fsp3) is 0.500. The van der Waals surface area contributed by atoms with Crippen LogP contribution in [0.2, 0.25) is 0 Å². The van der Waals surface area contributed by atoms with Gasteiger partial charge in [0.2, 0.25) is 11.8 Å². The molecule has 0 aliphatic heterocycles. The molecule has 0 radical (unpaired) electrons. The van der Waals surface area contributed by atoms with Gasteiger partial charge in [0.15, 0.2) is 0 Å². The first-order chi connectivity index (χ1) is 9.85. The Labute approximate surface area is 126 Å². The molecule has 1 atom stereocenters. The highest BCUT2D eigenvalue weighted by Gasteiger charge is 2.26. The fourth-order valence-electron chi connectivity index (χ4n) is 2.11. The number of nitrogens with one attached hydrogen (secondary N) is 2. The summed E-state index contributed by atoms with van der Waals surface area (Å²) >= 11 is 0. The second-order valence-corrected chi connectivity index (χ2v) is 5.55. The van der Waals surface area contributed by atoms with Crippen LogP contribution in [0.1, 0.15) is 39.2 Å².